The molecular weight excluding hydrogens is 457 g/mol. The average Bonchev–Trinajstić information content (AvgIpc) is 2.70. The highest BCUT2D eigenvalue weighted by atomic mass is 35.5. The van der Waals surface area contributed by atoms with Crippen molar-refractivity contribution in [1.29, 1.82) is 0 Å². The first-order valence-electron chi connectivity index (χ1n) is 9.96. The van der Waals surface area contributed by atoms with Crippen LogP contribution in [0.3, 0.4) is 0 Å². The average molecular weight is 484 g/mol. The summed E-state index contributed by atoms with van der Waals surface area (Å²) in [6, 6.07) is 11.0. The maximum atomic E-state index is 14.3. The Balaban J connectivity index is 2.39. The molecule has 0 unspecified atom stereocenters. The van der Waals surface area contributed by atoms with Crippen molar-refractivity contribution in [3.8, 4) is 0 Å². The highest BCUT2D eigenvalue weighted by molar-refractivity contribution is 7.92. The third-order valence-electron chi connectivity index (χ3n) is 4.66. The van der Waals surface area contributed by atoms with E-state index in [1.54, 1.807) is 45.0 Å². The van der Waals surface area contributed by atoms with Crippen LogP contribution < -0.4 is 9.62 Å². The van der Waals surface area contributed by atoms with Crippen molar-refractivity contribution in [3.05, 3.63) is 64.9 Å². The van der Waals surface area contributed by atoms with Crippen molar-refractivity contribution >= 4 is 39.1 Å². The maximum absolute atomic E-state index is 14.3. The van der Waals surface area contributed by atoms with Gasteiger partial charge in [-0.1, -0.05) is 35.9 Å². The van der Waals surface area contributed by atoms with Gasteiger partial charge in [0.15, 0.2) is 0 Å². The Kier molecular flexibility index (Phi) is 8.63. The van der Waals surface area contributed by atoms with Gasteiger partial charge in [0.25, 0.3) is 0 Å². The quantitative estimate of drug-likeness (QED) is 0.593. The molecule has 1 atom stereocenters. The molecule has 174 valence electrons. The molecular formula is C22H27ClFN3O4S. The van der Waals surface area contributed by atoms with E-state index in [-0.39, 0.29) is 24.2 Å². The van der Waals surface area contributed by atoms with Crippen LogP contribution in [-0.4, -0.2) is 50.0 Å². The van der Waals surface area contributed by atoms with E-state index in [0.717, 1.165) is 12.3 Å². The van der Waals surface area contributed by atoms with Crippen molar-refractivity contribution in [2.45, 2.75) is 39.4 Å². The Morgan fingerprint density at radius 1 is 1.06 bits per heavy atom. The molecule has 2 aromatic carbocycles. The number of carbonyl (C=O) groups is 2. The molecule has 0 saturated carbocycles. The lowest BCUT2D eigenvalue weighted by molar-refractivity contribution is -0.139. The van der Waals surface area contributed by atoms with Crippen LogP contribution in [0, 0.1) is 5.82 Å². The largest absolute Gasteiger partial charge is 0.352 e. The third-order valence-corrected chi connectivity index (χ3v) is 6.04. The summed E-state index contributed by atoms with van der Waals surface area (Å²) in [5.74, 6) is -1.82. The highest BCUT2D eigenvalue weighted by Gasteiger charge is 2.31. The van der Waals surface area contributed by atoms with E-state index in [0.29, 0.717) is 14.9 Å². The number of benzene rings is 2. The van der Waals surface area contributed by atoms with Gasteiger partial charge in [-0.25, -0.2) is 12.8 Å². The van der Waals surface area contributed by atoms with Crippen LogP contribution in [0.5, 0.6) is 0 Å². The van der Waals surface area contributed by atoms with Gasteiger partial charge in [0.2, 0.25) is 21.8 Å². The monoisotopic (exact) mass is 483 g/mol. The summed E-state index contributed by atoms with van der Waals surface area (Å²) in [6.07, 6.45) is 0.894. The number of nitrogens with one attached hydrogen (secondary N) is 1. The molecule has 0 aromatic heterocycles. The summed E-state index contributed by atoms with van der Waals surface area (Å²) in [4.78, 5) is 27.2. The minimum absolute atomic E-state index is 0.0392. The SMILES string of the molecule is CC(C)NC(=O)[C@@H](C)N(Cc1ccc(Cl)cc1)C(=O)CN(c1ccccc1F)S(C)(=O)=O. The molecule has 0 spiro atoms. The first-order chi connectivity index (χ1) is 14.9. The predicted octanol–water partition coefficient (Wildman–Crippen LogP) is 3.19. The van der Waals surface area contributed by atoms with Crippen LogP contribution in [-0.2, 0) is 26.2 Å². The first-order valence-corrected chi connectivity index (χ1v) is 12.2. The van der Waals surface area contributed by atoms with Gasteiger partial charge in [-0.2, -0.15) is 0 Å². The molecule has 0 bridgehead atoms. The van der Waals surface area contributed by atoms with Crippen LogP contribution in [0.2, 0.25) is 5.02 Å². The van der Waals surface area contributed by atoms with Gasteiger partial charge in [-0.15, -0.1) is 0 Å². The number of nitrogens with zero attached hydrogens (tertiary/aromatic N) is 2. The molecule has 0 radical (unpaired) electrons. The number of anilines is 1. The number of carbonyl (C=O) groups excluding carboxylic acids is 2. The number of amides is 2. The van der Waals surface area contributed by atoms with E-state index in [4.69, 9.17) is 11.6 Å². The topological polar surface area (TPSA) is 86.8 Å². The van der Waals surface area contributed by atoms with Crippen molar-refractivity contribution < 1.29 is 22.4 Å². The van der Waals surface area contributed by atoms with Gasteiger partial charge < -0.3 is 10.2 Å². The van der Waals surface area contributed by atoms with Crippen molar-refractivity contribution in [1.82, 2.24) is 10.2 Å². The summed E-state index contributed by atoms with van der Waals surface area (Å²) in [5.41, 5.74) is 0.456. The van der Waals surface area contributed by atoms with Gasteiger partial charge in [0.1, 0.15) is 18.4 Å². The lowest BCUT2D eigenvalue weighted by Gasteiger charge is -2.32. The number of halogens is 2. The summed E-state index contributed by atoms with van der Waals surface area (Å²) in [6.45, 7) is 4.52. The van der Waals surface area contributed by atoms with Crippen LogP contribution in [0.4, 0.5) is 10.1 Å². The Labute approximate surface area is 193 Å². The van der Waals surface area contributed by atoms with Crippen LogP contribution in [0.1, 0.15) is 26.3 Å². The maximum Gasteiger partial charge on any atom is 0.244 e. The lowest BCUT2D eigenvalue weighted by Crippen LogP contribution is -2.52. The minimum Gasteiger partial charge on any atom is -0.352 e. The van der Waals surface area contributed by atoms with E-state index < -0.39 is 34.3 Å². The van der Waals surface area contributed by atoms with Gasteiger partial charge in [0.05, 0.1) is 11.9 Å². The molecule has 0 fully saturated rings. The van der Waals surface area contributed by atoms with Gasteiger partial charge in [-0.05, 0) is 50.6 Å². The van der Waals surface area contributed by atoms with E-state index in [9.17, 15) is 22.4 Å². The number of para-hydroxylation sites is 1. The molecule has 2 rings (SSSR count). The number of sulfonamides is 1. The second-order valence-electron chi connectivity index (χ2n) is 7.71. The Morgan fingerprint density at radius 3 is 2.19 bits per heavy atom. The fourth-order valence-electron chi connectivity index (χ4n) is 3.02. The smallest absolute Gasteiger partial charge is 0.244 e. The summed E-state index contributed by atoms with van der Waals surface area (Å²) in [7, 11) is -3.98. The molecule has 0 aliphatic heterocycles. The molecule has 0 aliphatic carbocycles. The van der Waals surface area contributed by atoms with Gasteiger partial charge in [-0.3, -0.25) is 13.9 Å². The molecule has 0 aliphatic rings. The zero-order valence-electron chi connectivity index (χ0n) is 18.4. The normalized spacial score (nSPS) is 12.3. The van der Waals surface area contributed by atoms with Crippen molar-refractivity contribution in [2.24, 2.45) is 0 Å². The molecule has 10 heteroatoms. The van der Waals surface area contributed by atoms with E-state index in [2.05, 4.69) is 5.32 Å². The Hall–Kier alpha value is -2.65. The Bertz CT molecular complexity index is 1060. The third kappa shape index (κ3) is 6.93. The van der Waals surface area contributed by atoms with Crippen molar-refractivity contribution in [2.75, 3.05) is 17.1 Å². The van der Waals surface area contributed by atoms with Crippen LogP contribution in [0.25, 0.3) is 0 Å². The number of hydrogen-bond donors (Lipinski definition) is 1. The highest BCUT2D eigenvalue weighted by Crippen LogP contribution is 2.22. The van der Waals surface area contributed by atoms with Crippen LogP contribution >= 0.6 is 11.6 Å². The number of rotatable bonds is 9. The fraction of sp³-hybridized carbons (Fsp3) is 0.364. The fourth-order valence-corrected chi connectivity index (χ4v) is 4.00. The van der Waals surface area contributed by atoms with Gasteiger partial charge in [0, 0.05) is 17.6 Å². The second kappa shape index (κ2) is 10.8. The summed E-state index contributed by atoms with van der Waals surface area (Å²) < 4.78 is 39.8. The van der Waals surface area contributed by atoms with E-state index in [1.807, 2.05) is 0 Å². The molecule has 0 heterocycles. The Morgan fingerprint density at radius 2 is 1.66 bits per heavy atom. The molecule has 7 nitrogen and oxygen atoms in total. The van der Waals surface area contributed by atoms with Gasteiger partial charge >= 0.3 is 0 Å². The summed E-state index contributed by atoms with van der Waals surface area (Å²) >= 11 is 5.93. The van der Waals surface area contributed by atoms with E-state index >= 15 is 0 Å². The second-order valence-corrected chi connectivity index (χ2v) is 10.1. The zero-order valence-corrected chi connectivity index (χ0v) is 20.0. The van der Waals surface area contributed by atoms with E-state index in [1.165, 1.54) is 23.1 Å². The first kappa shape index (κ1) is 25.6. The minimum atomic E-state index is -3.98. The van der Waals surface area contributed by atoms with Crippen molar-refractivity contribution in [3.63, 3.8) is 0 Å². The standard InChI is InChI=1S/C22H27ClFN3O4S/c1-15(2)25-22(29)16(3)26(13-17-9-11-18(23)12-10-17)21(28)14-27(32(4,30)31)20-8-6-5-7-19(20)24/h5-12,15-16H,13-14H2,1-4H3,(H,25,29)/t16-/m1/s1. The molecule has 2 amide bonds. The van der Waals surface area contributed by atoms with Crippen LogP contribution in [0.15, 0.2) is 48.5 Å². The molecule has 32 heavy (non-hydrogen) atoms. The molecule has 0 saturated heterocycles. The summed E-state index contributed by atoms with van der Waals surface area (Å²) in [5, 5.41) is 3.27. The number of hydrogen-bond acceptors (Lipinski definition) is 4. The molecule has 1 N–H and O–H groups in total. The predicted molar refractivity (Wildman–Crippen MR) is 123 cm³/mol. The zero-order chi connectivity index (χ0) is 24.1. The lowest BCUT2D eigenvalue weighted by atomic mass is 10.1. The molecule has 2 aromatic rings.